The highest BCUT2D eigenvalue weighted by Gasteiger charge is 2.41. The number of amides is 3. The number of aliphatic hydroxyl groups is 1. The van der Waals surface area contributed by atoms with Crippen LogP contribution in [-0.4, -0.2) is 68.5 Å². The molecule has 1 aliphatic carbocycles. The minimum atomic E-state index is -1.57. The minimum absolute atomic E-state index is 0.259. The molecule has 2 fully saturated rings. The summed E-state index contributed by atoms with van der Waals surface area (Å²) < 4.78 is 5.85. The first-order valence-electron chi connectivity index (χ1n) is 14.3. The van der Waals surface area contributed by atoms with Crippen molar-refractivity contribution in [3.05, 3.63) is 60.2 Å². The molecular formula is C31H41N3O5S2. The Labute approximate surface area is 251 Å². The van der Waals surface area contributed by atoms with Crippen molar-refractivity contribution >= 4 is 41.2 Å². The summed E-state index contributed by atoms with van der Waals surface area (Å²) in [5.41, 5.74) is -0.662. The van der Waals surface area contributed by atoms with Crippen LogP contribution in [0.3, 0.4) is 0 Å². The van der Waals surface area contributed by atoms with Gasteiger partial charge in [-0.25, -0.2) is 0 Å². The molecule has 0 unspecified atom stereocenters. The predicted molar refractivity (Wildman–Crippen MR) is 165 cm³/mol. The SMILES string of the molecule is CC(C)(O)C(=O)N1CSC[C@H]1C(=O)N[C@@H](CSCC1CCCCC1)C(=O)NCc1ccc(Oc2ccccc2)cc1. The zero-order chi connectivity index (χ0) is 29.2. The van der Waals surface area contributed by atoms with E-state index in [2.05, 4.69) is 10.6 Å². The van der Waals surface area contributed by atoms with E-state index in [9.17, 15) is 19.5 Å². The normalized spacial score (nSPS) is 18.5. The van der Waals surface area contributed by atoms with Crippen LogP contribution in [0.15, 0.2) is 54.6 Å². The van der Waals surface area contributed by atoms with Gasteiger partial charge in [0.2, 0.25) is 11.8 Å². The fraction of sp³-hybridized carbons (Fsp3) is 0.516. The quantitative estimate of drug-likeness (QED) is 0.328. The summed E-state index contributed by atoms with van der Waals surface area (Å²) in [6.45, 7) is 3.16. The van der Waals surface area contributed by atoms with Gasteiger partial charge < -0.3 is 25.4 Å². The molecule has 222 valence electrons. The first kappa shape index (κ1) is 31.3. The van der Waals surface area contributed by atoms with E-state index < -0.39 is 23.6 Å². The lowest BCUT2D eigenvalue weighted by Gasteiger charge is -2.29. The Kier molecular flexibility index (Phi) is 11.4. The van der Waals surface area contributed by atoms with E-state index in [0.29, 0.717) is 35.6 Å². The molecule has 2 aliphatic rings. The number of ether oxygens (including phenoxy) is 1. The van der Waals surface area contributed by atoms with Crippen molar-refractivity contribution in [1.82, 2.24) is 15.5 Å². The van der Waals surface area contributed by atoms with Gasteiger partial charge in [-0.05, 0) is 68.2 Å². The van der Waals surface area contributed by atoms with Crippen molar-refractivity contribution in [2.45, 2.75) is 70.2 Å². The van der Waals surface area contributed by atoms with Crippen LogP contribution in [0.4, 0.5) is 0 Å². The lowest BCUT2D eigenvalue weighted by atomic mass is 9.91. The number of nitrogens with one attached hydrogen (secondary N) is 2. The molecule has 0 radical (unpaired) electrons. The van der Waals surface area contributed by atoms with Gasteiger partial charge in [0.25, 0.3) is 5.91 Å². The molecule has 41 heavy (non-hydrogen) atoms. The van der Waals surface area contributed by atoms with Crippen LogP contribution in [-0.2, 0) is 20.9 Å². The molecule has 1 saturated heterocycles. The molecule has 0 spiro atoms. The summed E-state index contributed by atoms with van der Waals surface area (Å²) in [4.78, 5) is 40.8. The number of hydrogen-bond donors (Lipinski definition) is 3. The lowest BCUT2D eigenvalue weighted by molar-refractivity contribution is -0.151. The fourth-order valence-corrected chi connectivity index (χ4v) is 7.41. The highest BCUT2D eigenvalue weighted by atomic mass is 32.2. The zero-order valence-electron chi connectivity index (χ0n) is 23.8. The molecule has 3 amide bonds. The molecule has 1 saturated carbocycles. The first-order valence-corrected chi connectivity index (χ1v) is 16.6. The summed E-state index contributed by atoms with van der Waals surface area (Å²) in [6.07, 6.45) is 6.23. The predicted octanol–water partition coefficient (Wildman–Crippen LogP) is 4.57. The second-order valence-corrected chi connectivity index (χ2v) is 13.3. The van der Waals surface area contributed by atoms with Crippen LogP contribution in [0.25, 0.3) is 0 Å². The Morgan fingerprint density at radius 1 is 1.05 bits per heavy atom. The van der Waals surface area contributed by atoms with Crippen molar-refractivity contribution in [2.24, 2.45) is 5.92 Å². The summed E-state index contributed by atoms with van der Waals surface area (Å²) in [5.74, 6) is 3.16. The molecule has 2 aromatic carbocycles. The van der Waals surface area contributed by atoms with Gasteiger partial charge >= 0.3 is 0 Å². The Balaban J connectivity index is 1.35. The van der Waals surface area contributed by atoms with Crippen LogP contribution in [0.2, 0.25) is 0 Å². The van der Waals surface area contributed by atoms with E-state index in [0.717, 1.165) is 17.1 Å². The summed E-state index contributed by atoms with van der Waals surface area (Å²) in [7, 11) is 0. The van der Waals surface area contributed by atoms with E-state index in [1.165, 1.54) is 62.6 Å². The van der Waals surface area contributed by atoms with Gasteiger partial charge in [-0.3, -0.25) is 14.4 Å². The van der Waals surface area contributed by atoms with Crippen LogP contribution >= 0.6 is 23.5 Å². The Bertz CT molecular complexity index is 1150. The van der Waals surface area contributed by atoms with E-state index in [1.807, 2.05) is 54.6 Å². The van der Waals surface area contributed by atoms with Gasteiger partial charge in [0.1, 0.15) is 29.2 Å². The van der Waals surface area contributed by atoms with Gasteiger partial charge in [-0.1, -0.05) is 49.6 Å². The van der Waals surface area contributed by atoms with Crippen molar-refractivity contribution in [2.75, 3.05) is 23.1 Å². The van der Waals surface area contributed by atoms with Crippen molar-refractivity contribution in [1.29, 1.82) is 0 Å². The molecule has 2 aromatic rings. The van der Waals surface area contributed by atoms with Gasteiger partial charge in [0, 0.05) is 18.1 Å². The maximum Gasteiger partial charge on any atom is 0.255 e. The Morgan fingerprint density at radius 3 is 2.41 bits per heavy atom. The Hall–Kier alpha value is -2.69. The third-order valence-corrected chi connectivity index (χ3v) is 9.62. The zero-order valence-corrected chi connectivity index (χ0v) is 25.5. The number of hydrogen-bond acceptors (Lipinski definition) is 7. The maximum atomic E-state index is 13.3. The molecule has 0 bridgehead atoms. The van der Waals surface area contributed by atoms with Crippen molar-refractivity contribution in [3.8, 4) is 11.5 Å². The first-order chi connectivity index (χ1) is 19.7. The van der Waals surface area contributed by atoms with Crippen LogP contribution < -0.4 is 15.4 Å². The second-order valence-electron chi connectivity index (χ2n) is 11.2. The molecule has 3 N–H and O–H groups in total. The third kappa shape index (κ3) is 9.41. The molecule has 8 nitrogen and oxygen atoms in total. The Morgan fingerprint density at radius 2 is 1.73 bits per heavy atom. The lowest BCUT2D eigenvalue weighted by Crippen LogP contribution is -2.57. The van der Waals surface area contributed by atoms with E-state index in [1.54, 1.807) is 11.8 Å². The minimum Gasteiger partial charge on any atom is -0.457 e. The number of carbonyl (C=O) groups excluding carboxylic acids is 3. The number of para-hydroxylation sites is 1. The van der Waals surface area contributed by atoms with Crippen LogP contribution in [0.1, 0.15) is 51.5 Å². The van der Waals surface area contributed by atoms with Gasteiger partial charge in [-0.15, -0.1) is 11.8 Å². The van der Waals surface area contributed by atoms with E-state index >= 15 is 0 Å². The molecule has 1 aliphatic heterocycles. The number of thioether (sulfide) groups is 2. The van der Waals surface area contributed by atoms with Gasteiger partial charge in [-0.2, -0.15) is 11.8 Å². The number of carbonyl (C=O) groups is 3. The smallest absolute Gasteiger partial charge is 0.255 e. The number of benzene rings is 2. The summed E-state index contributed by atoms with van der Waals surface area (Å²) in [5, 5.41) is 16.1. The molecular weight excluding hydrogens is 558 g/mol. The maximum absolute atomic E-state index is 13.3. The number of nitrogens with zero attached hydrogens (tertiary/aromatic N) is 1. The van der Waals surface area contributed by atoms with Gasteiger partial charge in [0.15, 0.2) is 0 Å². The van der Waals surface area contributed by atoms with Crippen LogP contribution in [0, 0.1) is 5.92 Å². The second kappa shape index (κ2) is 15.0. The molecule has 4 rings (SSSR count). The molecule has 0 aromatic heterocycles. The van der Waals surface area contributed by atoms with Crippen molar-refractivity contribution < 1.29 is 24.2 Å². The largest absolute Gasteiger partial charge is 0.457 e. The average Bonchev–Trinajstić information content (AvgIpc) is 3.46. The van der Waals surface area contributed by atoms with Crippen molar-refractivity contribution in [3.63, 3.8) is 0 Å². The number of rotatable bonds is 12. The highest BCUT2D eigenvalue weighted by molar-refractivity contribution is 7.99. The molecule has 10 heteroatoms. The topological polar surface area (TPSA) is 108 Å². The van der Waals surface area contributed by atoms with E-state index in [4.69, 9.17) is 4.74 Å². The highest BCUT2D eigenvalue weighted by Crippen LogP contribution is 2.28. The monoisotopic (exact) mass is 599 g/mol. The van der Waals surface area contributed by atoms with E-state index in [-0.39, 0.29) is 11.8 Å². The van der Waals surface area contributed by atoms with Gasteiger partial charge in [0.05, 0.1) is 5.88 Å². The standard InChI is InChI=1S/C31H41N3O5S2/c1-31(2,38)30(37)34-21-41-20-27(34)29(36)33-26(19-40-18-23-9-5-3-6-10-23)28(35)32-17-22-13-15-25(16-14-22)39-24-11-7-4-8-12-24/h4,7-8,11-16,23,26-27,38H,3,5-6,9-10,17-21H2,1-2H3,(H,32,35)(H,33,36)/t26-,27-/m0/s1. The van der Waals surface area contributed by atoms with Crippen LogP contribution in [0.5, 0.6) is 11.5 Å². The molecule has 1 heterocycles. The molecule has 2 atom stereocenters. The average molecular weight is 600 g/mol. The third-order valence-electron chi connectivity index (χ3n) is 7.33. The summed E-state index contributed by atoms with van der Waals surface area (Å²) in [6, 6.07) is 15.6. The summed E-state index contributed by atoms with van der Waals surface area (Å²) >= 11 is 3.16. The fourth-order valence-electron chi connectivity index (χ4n) is 4.98.